The highest BCUT2D eigenvalue weighted by molar-refractivity contribution is 9.10. The Morgan fingerprint density at radius 1 is 1.04 bits per heavy atom. The quantitative estimate of drug-likeness (QED) is 0.568. The highest BCUT2D eigenvalue weighted by Crippen LogP contribution is 2.26. The van der Waals surface area contributed by atoms with Crippen LogP contribution in [0.15, 0.2) is 58.4 Å². The molecule has 23 heavy (non-hydrogen) atoms. The van der Waals surface area contributed by atoms with Crippen LogP contribution in [-0.2, 0) is 12.3 Å². The topological polar surface area (TPSA) is 43.6 Å². The lowest BCUT2D eigenvalue weighted by Crippen LogP contribution is -2.02. The van der Waals surface area contributed by atoms with Gasteiger partial charge in [-0.15, -0.1) is 10.2 Å². The molecule has 0 radical (unpaired) electrons. The Labute approximate surface area is 148 Å². The second kappa shape index (κ2) is 7.75. The second-order valence-electron chi connectivity index (χ2n) is 5.11. The largest absolute Gasteiger partial charge is 0.302 e. The third kappa shape index (κ3) is 4.00. The van der Waals surface area contributed by atoms with Crippen LogP contribution in [0, 0.1) is 0 Å². The third-order valence-corrected chi connectivity index (χ3v) is 4.95. The van der Waals surface area contributed by atoms with Crippen molar-refractivity contribution in [2.24, 2.45) is 0 Å². The summed E-state index contributed by atoms with van der Waals surface area (Å²) in [6, 6.07) is 12.3. The standard InChI is InChI=1S/C17H17BrN4S/c1-2-11-22-16(14-7-9-19-10-8-14)20-21-17(22)23-12-13-3-5-15(18)6-4-13/h3-10H,2,11-12H2,1H3. The van der Waals surface area contributed by atoms with Gasteiger partial charge in [0.2, 0.25) is 0 Å². The number of benzene rings is 1. The summed E-state index contributed by atoms with van der Waals surface area (Å²) in [7, 11) is 0. The average molecular weight is 389 g/mol. The molecule has 3 rings (SSSR count). The first-order valence-electron chi connectivity index (χ1n) is 7.48. The summed E-state index contributed by atoms with van der Waals surface area (Å²) < 4.78 is 3.29. The fourth-order valence-electron chi connectivity index (χ4n) is 2.26. The van der Waals surface area contributed by atoms with Crippen molar-refractivity contribution in [1.29, 1.82) is 0 Å². The molecule has 0 atom stereocenters. The molecule has 2 heterocycles. The van der Waals surface area contributed by atoms with Gasteiger partial charge in [-0.3, -0.25) is 4.98 Å². The first kappa shape index (κ1) is 16.2. The Morgan fingerprint density at radius 3 is 2.48 bits per heavy atom. The first-order valence-corrected chi connectivity index (χ1v) is 9.26. The zero-order chi connectivity index (χ0) is 16.1. The Kier molecular flexibility index (Phi) is 5.46. The molecule has 0 aliphatic heterocycles. The van der Waals surface area contributed by atoms with Crippen molar-refractivity contribution in [2.45, 2.75) is 30.8 Å². The number of halogens is 1. The maximum atomic E-state index is 4.39. The number of hydrogen-bond donors (Lipinski definition) is 0. The maximum absolute atomic E-state index is 4.39. The Bertz CT molecular complexity index is 756. The van der Waals surface area contributed by atoms with Crippen LogP contribution in [0.5, 0.6) is 0 Å². The van der Waals surface area contributed by atoms with Gasteiger partial charge in [0.25, 0.3) is 0 Å². The van der Waals surface area contributed by atoms with Crippen molar-refractivity contribution in [2.75, 3.05) is 0 Å². The molecule has 0 aliphatic carbocycles. The minimum Gasteiger partial charge on any atom is -0.302 e. The lowest BCUT2D eigenvalue weighted by atomic mass is 10.2. The van der Waals surface area contributed by atoms with E-state index in [0.29, 0.717) is 0 Å². The Hall–Kier alpha value is -1.66. The van der Waals surface area contributed by atoms with Crippen molar-refractivity contribution in [1.82, 2.24) is 19.7 Å². The molecule has 0 spiro atoms. The summed E-state index contributed by atoms with van der Waals surface area (Å²) in [5, 5.41) is 9.74. The van der Waals surface area contributed by atoms with Crippen molar-refractivity contribution in [3.8, 4) is 11.4 Å². The van der Waals surface area contributed by atoms with E-state index < -0.39 is 0 Å². The van der Waals surface area contributed by atoms with Crippen LogP contribution in [-0.4, -0.2) is 19.7 Å². The highest BCUT2D eigenvalue weighted by Gasteiger charge is 2.13. The fourth-order valence-corrected chi connectivity index (χ4v) is 3.45. The van der Waals surface area contributed by atoms with Gasteiger partial charge in [-0.05, 0) is 36.2 Å². The molecule has 0 saturated carbocycles. The van der Waals surface area contributed by atoms with E-state index >= 15 is 0 Å². The van der Waals surface area contributed by atoms with Gasteiger partial charge < -0.3 is 4.57 Å². The number of hydrogen-bond acceptors (Lipinski definition) is 4. The zero-order valence-corrected chi connectivity index (χ0v) is 15.2. The van der Waals surface area contributed by atoms with Gasteiger partial charge in [0.1, 0.15) is 0 Å². The molecular formula is C17H17BrN4S. The van der Waals surface area contributed by atoms with E-state index in [2.05, 4.69) is 66.9 Å². The van der Waals surface area contributed by atoms with Gasteiger partial charge >= 0.3 is 0 Å². The molecule has 0 aliphatic rings. The van der Waals surface area contributed by atoms with E-state index in [0.717, 1.165) is 39.7 Å². The van der Waals surface area contributed by atoms with Crippen molar-refractivity contribution < 1.29 is 0 Å². The molecule has 118 valence electrons. The van der Waals surface area contributed by atoms with E-state index in [1.807, 2.05) is 12.1 Å². The maximum Gasteiger partial charge on any atom is 0.191 e. The molecule has 3 aromatic rings. The summed E-state index contributed by atoms with van der Waals surface area (Å²) in [5.41, 5.74) is 2.33. The van der Waals surface area contributed by atoms with Crippen molar-refractivity contribution >= 4 is 27.7 Å². The summed E-state index contributed by atoms with van der Waals surface area (Å²) >= 11 is 5.18. The zero-order valence-electron chi connectivity index (χ0n) is 12.8. The lowest BCUT2D eigenvalue weighted by Gasteiger charge is -2.08. The minimum absolute atomic E-state index is 0.880. The summed E-state index contributed by atoms with van der Waals surface area (Å²) in [5.74, 6) is 1.79. The van der Waals surface area contributed by atoms with E-state index in [9.17, 15) is 0 Å². The molecule has 0 N–H and O–H groups in total. The van der Waals surface area contributed by atoms with Crippen LogP contribution in [0.3, 0.4) is 0 Å². The molecule has 2 aromatic heterocycles. The molecule has 0 saturated heterocycles. The second-order valence-corrected chi connectivity index (χ2v) is 6.97. The minimum atomic E-state index is 0.880. The summed E-state index contributed by atoms with van der Waals surface area (Å²) in [6.45, 7) is 3.08. The lowest BCUT2D eigenvalue weighted by molar-refractivity contribution is 0.626. The molecule has 4 nitrogen and oxygen atoms in total. The number of pyridine rings is 1. The summed E-state index contributed by atoms with van der Waals surface area (Å²) in [6.07, 6.45) is 4.62. The van der Waals surface area contributed by atoms with E-state index in [1.54, 1.807) is 24.2 Å². The molecule has 0 fully saturated rings. The van der Waals surface area contributed by atoms with Crippen LogP contribution in [0.1, 0.15) is 18.9 Å². The van der Waals surface area contributed by atoms with Gasteiger partial charge in [-0.2, -0.15) is 0 Å². The van der Waals surface area contributed by atoms with Gasteiger partial charge in [-0.25, -0.2) is 0 Å². The number of aromatic nitrogens is 4. The first-order chi connectivity index (χ1) is 11.3. The van der Waals surface area contributed by atoms with Crippen molar-refractivity contribution in [3.63, 3.8) is 0 Å². The van der Waals surface area contributed by atoms with Gasteiger partial charge in [0.05, 0.1) is 0 Å². The van der Waals surface area contributed by atoms with E-state index in [4.69, 9.17) is 0 Å². The molecule has 6 heteroatoms. The van der Waals surface area contributed by atoms with E-state index in [1.165, 1.54) is 5.56 Å². The van der Waals surface area contributed by atoms with Gasteiger partial charge in [0, 0.05) is 34.7 Å². The molecule has 0 bridgehead atoms. The smallest absolute Gasteiger partial charge is 0.191 e. The SMILES string of the molecule is CCCn1c(SCc2ccc(Br)cc2)nnc1-c1ccncc1. The normalized spacial score (nSPS) is 10.9. The molecule has 1 aromatic carbocycles. The average Bonchev–Trinajstić information content (AvgIpc) is 2.98. The highest BCUT2D eigenvalue weighted by atomic mass is 79.9. The van der Waals surface area contributed by atoms with Crippen LogP contribution in [0.25, 0.3) is 11.4 Å². The molecule has 0 amide bonds. The number of rotatable bonds is 6. The third-order valence-electron chi connectivity index (χ3n) is 3.38. The van der Waals surface area contributed by atoms with Gasteiger partial charge in [-0.1, -0.05) is 46.7 Å². The fraction of sp³-hybridized carbons (Fsp3) is 0.235. The van der Waals surface area contributed by atoms with E-state index in [-0.39, 0.29) is 0 Å². The Balaban J connectivity index is 1.82. The van der Waals surface area contributed by atoms with Crippen LogP contribution in [0.2, 0.25) is 0 Å². The number of nitrogens with zero attached hydrogens (tertiary/aromatic N) is 4. The predicted octanol–water partition coefficient (Wildman–Crippen LogP) is 4.80. The van der Waals surface area contributed by atoms with Crippen LogP contribution >= 0.6 is 27.7 Å². The number of thioether (sulfide) groups is 1. The summed E-state index contributed by atoms with van der Waals surface area (Å²) in [4.78, 5) is 4.07. The van der Waals surface area contributed by atoms with Crippen LogP contribution in [0.4, 0.5) is 0 Å². The predicted molar refractivity (Wildman–Crippen MR) is 97.2 cm³/mol. The molecular weight excluding hydrogens is 372 g/mol. The molecule has 0 unspecified atom stereocenters. The van der Waals surface area contributed by atoms with Crippen LogP contribution < -0.4 is 0 Å². The van der Waals surface area contributed by atoms with Crippen molar-refractivity contribution in [3.05, 3.63) is 58.8 Å². The monoisotopic (exact) mass is 388 g/mol. The van der Waals surface area contributed by atoms with Gasteiger partial charge in [0.15, 0.2) is 11.0 Å². The Morgan fingerprint density at radius 2 is 1.78 bits per heavy atom.